The lowest BCUT2D eigenvalue weighted by Crippen LogP contribution is -2.37. The molecule has 158 valence electrons. The molecule has 3 rings (SSSR count). The summed E-state index contributed by atoms with van der Waals surface area (Å²) in [5, 5.41) is 3.66. The maximum Gasteiger partial charge on any atom is 0.322 e. The quantitative estimate of drug-likeness (QED) is 0.529. The Labute approximate surface area is 182 Å². The highest BCUT2D eigenvalue weighted by Crippen LogP contribution is 2.20. The highest BCUT2D eigenvalue weighted by atomic mass is 35.5. The first kappa shape index (κ1) is 21.7. The molecule has 0 aliphatic rings. The Morgan fingerprint density at radius 2 is 1.93 bits per heavy atom. The summed E-state index contributed by atoms with van der Waals surface area (Å²) >= 11 is 6.32. The molecule has 0 bridgehead atoms. The number of urea groups is 1. The molecule has 2 amide bonds. The van der Waals surface area contributed by atoms with Crippen LogP contribution in [-0.4, -0.2) is 42.9 Å². The standard InChI is InChI=1S/C23H26ClN3O3/c1-29-14-13-27(23(28)25-19-8-5-10-21(15-19)30-2)17-20-9-6-12-26(20)16-18-7-3-4-11-22(18)24/h3-12,15H,13-14,16-17H2,1-2H3,(H,25,28). The lowest BCUT2D eigenvalue weighted by atomic mass is 10.2. The molecule has 0 radical (unpaired) electrons. The molecule has 0 atom stereocenters. The predicted molar refractivity (Wildman–Crippen MR) is 119 cm³/mol. The van der Waals surface area contributed by atoms with Gasteiger partial charge < -0.3 is 24.3 Å². The minimum Gasteiger partial charge on any atom is -0.497 e. The first-order chi connectivity index (χ1) is 14.6. The second-order valence-electron chi connectivity index (χ2n) is 6.80. The van der Waals surface area contributed by atoms with Crippen molar-refractivity contribution in [2.45, 2.75) is 13.1 Å². The van der Waals surface area contributed by atoms with Gasteiger partial charge in [0.2, 0.25) is 0 Å². The maximum absolute atomic E-state index is 13.0. The monoisotopic (exact) mass is 427 g/mol. The molecule has 0 unspecified atom stereocenters. The van der Waals surface area contributed by atoms with Crippen molar-refractivity contribution in [1.29, 1.82) is 0 Å². The SMILES string of the molecule is COCCN(Cc1cccn1Cc1ccccc1Cl)C(=O)Nc1cccc(OC)c1. The third kappa shape index (κ3) is 5.78. The number of nitrogens with zero attached hydrogens (tertiary/aromatic N) is 2. The van der Waals surface area contributed by atoms with Gasteiger partial charge in [-0.2, -0.15) is 0 Å². The average molecular weight is 428 g/mol. The van der Waals surface area contributed by atoms with Crippen LogP contribution in [0.15, 0.2) is 66.9 Å². The zero-order valence-electron chi connectivity index (χ0n) is 17.2. The number of carbonyl (C=O) groups excluding carboxylic acids is 1. The topological polar surface area (TPSA) is 55.7 Å². The Morgan fingerprint density at radius 3 is 2.70 bits per heavy atom. The molecule has 2 aromatic carbocycles. The highest BCUT2D eigenvalue weighted by molar-refractivity contribution is 6.31. The van der Waals surface area contributed by atoms with Crippen molar-refractivity contribution in [3.63, 3.8) is 0 Å². The smallest absolute Gasteiger partial charge is 0.322 e. The fraction of sp³-hybridized carbons (Fsp3) is 0.261. The third-order valence-corrected chi connectivity index (χ3v) is 5.12. The number of rotatable bonds is 9. The van der Waals surface area contributed by atoms with Crippen molar-refractivity contribution in [2.24, 2.45) is 0 Å². The Hall–Kier alpha value is -2.96. The fourth-order valence-corrected chi connectivity index (χ4v) is 3.31. The highest BCUT2D eigenvalue weighted by Gasteiger charge is 2.16. The van der Waals surface area contributed by atoms with E-state index in [1.807, 2.05) is 60.8 Å². The van der Waals surface area contributed by atoms with E-state index in [1.165, 1.54) is 0 Å². The molecule has 0 aliphatic heterocycles. The Bertz CT molecular complexity index is 974. The van der Waals surface area contributed by atoms with Crippen LogP contribution < -0.4 is 10.1 Å². The molecule has 30 heavy (non-hydrogen) atoms. The van der Waals surface area contributed by atoms with Crippen molar-refractivity contribution in [3.05, 3.63) is 83.1 Å². The Kier molecular flexibility index (Phi) is 7.76. The third-order valence-electron chi connectivity index (χ3n) is 4.75. The van der Waals surface area contributed by atoms with Crippen LogP contribution in [0.1, 0.15) is 11.3 Å². The van der Waals surface area contributed by atoms with Crippen LogP contribution in [0.4, 0.5) is 10.5 Å². The first-order valence-electron chi connectivity index (χ1n) is 9.67. The number of halogens is 1. The summed E-state index contributed by atoms with van der Waals surface area (Å²) in [6.45, 7) is 1.98. The molecule has 3 aromatic rings. The van der Waals surface area contributed by atoms with Gasteiger partial charge in [0.05, 0.1) is 20.3 Å². The van der Waals surface area contributed by atoms with Crippen LogP contribution in [0, 0.1) is 0 Å². The van der Waals surface area contributed by atoms with E-state index in [9.17, 15) is 4.79 Å². The maximum atomic E-state index is 13.0. The summed E-state index contributed by atoms with van der Waals surface area (Å²) in [6.07, 6.45) is 1.99. The van der Waals surface area contributed by atoms with Gasteiger partial charge in [0, 0.05) is 48.9 Å². The largest absolute Gasteiger partial charge is 0.497 e. The molecule has 0 aliphatic carbocycles. The van der Waals surface area contributed by atoms with Crippen LogP contribution in [0.2, 0.25) is 5.02 Å². The number of anilines is 1. The lowest BCUT2D eigenvalue weighted by molar-refractivity contribution is 0.152. The number of ether oxygens (including phenoxy) is 2. The minimum absolute atomic E-state index is 0.203. The number of methoxy groups -OCH3 is 2. The second-order valence-corrected chi connectivity index (χ2v) is 7.20. The van der Waals surface area contributed by atoms with Crippen LogP contribution in [0.25, 0.3) is 0 Å². The number of amides is 2. The average Bonchev–Trinajstić information content (AvgIpc) is 3.19. The summed E-state index contributed by atoms with van der Waals surface area (Å²) in [6, 6.07) is 18.8. The van der Waals surface area contributed by atoms with Gasteiger partial charge in [-0.05, 0) is 35.9 Å². The minimum atomic E-state index is -0.203. The van der Waals surface area contributed by atoms with Crippen molar-refractivity contribution in [3.8, 4) is 5.75 Å². The van der Waals surface area contributed by atoms with E-state index >= 15 is 0 Å². The number of hydrogen-bond acceptors (Lipinski definition) is 3. The summed E-state index contributed by atoms with van der Waals surface area (Å²) in [5.41, 5.74) is 2.71. The van der Waals surface area contributed by atoms with Crippen molar-refractivity contribution in [2.75, 3.05) is 32.7 Å². The van der Waals surface area contributed by atoms with E-state index in [1.54, 1.807) is 25.2 Å². The van der Waals surface area contributed by atoms with Crippen LogP contribution in [0.3, 0.4) is 0 Å². The molecular formula is C23H26ClN3O3. The van der Waals surface area contributed by atoms with Gasteiger partial charge in [-0.15, -0.1) is 0 Å². The molecule has 0 saturated heterocycles. The molecule has 1 heterocycles. The molecular weight excluding hydrogens is 402 g/mol. The Morgan fingerprint density at radius 1 is 1.10 bits per heavy atom. The summed E-state index contributed by atoms with van der Waals surface area (Å²) in [7, 11) is 3.22. The number of hydrogen-bond donors (Lipinski definition) is 1. The fourth-order valence-electron chi connectivity index (χ4n) is 3.11. The Balaban J connectivity index is 1.74. The van der Waals surface area contributed by atoms with E-state index in [0.717, 1.165) is 16.3 Å². The van der Waals surface area contributed by atoms with Gasteiger partial charge in [-0.25, -0.2) is 4.79 Å². The molecule has 6 nitrogen and oxygen atoms in total. The molecule has 0 fully saturated rings. The van der Waals surface area contributed by atoms with Crippen molar-refractivity contribution >= 4 is 23.3 Å². The van der Waals surface area contributed by atoms with Crippen LogP contribution >= 0.6 is 11.6 Å². The van der Waals surface area contributed by atoms with Gasteiger partial charge in [0.25, 0.3) is 0 Å². The number of nitrogens with one attached hydrogen (secondary N) is 1. The van der Waals surface area contributed by atoms with Crippen molar-refractivity contribution < 1.29 is 14.3 Å². The van der Waals surface area contributed by atoms with Gasteiger partial charge in [-0.1, -0.05) is 35.9 Å². The molecule has 1 N–H and O–H groups in total. The number of benzene rings is 2. The van der Waals surface area contributed by atoms with Gasteiger partial charge >= 0.3 is 6.03 Å². The van der Waals surface area contributed by atoms with Gasteiger partial charge in [0.1, 0.15) is 5.75 Å². The van der Waals surface area contributed by atoms with E-state index < -0.39 is 0 Å². The summed E-state index contributed by atoms with van der Waals surface area (Å²) in [4.78, 5) is 14.7. The normalized spacial score (nSPS) is 10.6. The zero-order chi connectivity index (χ0) is 21.3. The molecule has 0 saturated carbocycles. The summed E-state index contributed by atoms with van der Waals surface area (Å²) < 4.78 is 12.5. The molecule has 1 aromatic heterocycles. The van der Waals surface area contributed by atoms with E-state index in [2.05, 4.69) is 9.88 Å². The second kappa shape index (κ2) is 10.7. The summed E-state index contributed by atoms with van der Waals surface area (Å²) in [5.74, 6) is 0.685. The number of aromatic nitrogens is 1. The lowest BCUT2D eigenvalue weighted by Gasteiger charge is -2.24. The molecule has 0 spiro atoms. The first-order valence-corrected chi connectivity index (χ1v) is 10.0. The zero-order valence-corrected chi connectivity index (χ0v) is 17.9. The van der Waals surface area contributed by atoms with E-state index in [-0.39, 0.29) is 6.03 Å². The van der Waals surface area contributed by atoms with Crippen LogP contribution in [-0.2, 0) is 17.8 Å². The van der Waals surface area contributed by atoms with E-state index in [4.69, 9.17) is 21.1 Å². The number of carbonyl (C=O) groups is 1. The van der Waals surface area contributed by atoms with Crippen molar-refractivity contribution in [1.82, 2.24) is 9.47 Å². The predicted octanol–water partition coefficient (Wildman–Crippen LogP) is 4.88. The van der Waals surface area contributed by atoms with Gasteiger partial charge in [-0.3, -0.25) is 0 Å². The van der Waals surface area contributed by atoms with E-state index in [0.29, 0.717) is 37.7 Å². The van der Waals surface area contributed by atoms with Crippen LogP contribution in [0.5, 0.6) is 5.75 Å². The molecule has 7 heteroatoms. The van der Waals surface area contributed by atoms with Gasteiger partial charge in [0.15, 0.2) is 0 Å².